The van der Waals surface area contributed by atoms with Gasteiger partial charge in [-0.1, -0.05) is 0 Å². The summed E-state index contributed by atoms with van der Waals surface area (Å²) in [5.41, 5.74) is 1.36. The van der Waals surface area contributed by atoms with Crippen molar-refractivity contribution in [2.24, 2.45) is 0 Å². The van der Waals surface area contributed by atoms with E-state index in [1.165, 1.54) is 11.8 Å². The van der Waals surface area contributed by atoms with Gasteiger partial charge in [-0.05, 0) is 25.5 Å². The minimum absolute atomic E-state index is 0.0291. The Kier molecular flexibility index (Phi) is 3.40. The molecule has 2 heterocycles. The van der Waals surface area contributed by atoms with Crippen LogP contribution in [0.4, 0.5) is 0 Å². The quantitative estimate of drug-likeness (QED) is 0.813. The Bertz CT molecular complexity index is 576. The van der Waals surface area contributed by atoms with Crippen molar-refractivity contribution in [2.45, 2.75) is 23.6 Å². The maximum absolute atomic E-state index is 11.4. The van der Waals surface area contributed by atoms with E-state index in [1.54, 1.807) is 12.1 Å². The molecule has 0 radical (unpaired) electrons. The second-order valence-electron chi connectivity index (χ2n) is 4.06. The average Bonchev–Trinajstić information content (AvgIpc) is 2.58. The molecule has 0 N–H and O–H groups in total. The SMILES string of the molecule is Cc1ccc(C#N)c(SC2CCS(=O)(=O)C2)n1. The number of rotatable bonds is 2. The monoisotopic (exact) mass is 268 g/mol. The minimum atomic E-state index is -2.88. The van der Waals surface area contributed by atoms with Crippen LogP contribution in [0.15, 0.2) is 17.2 Å². The highest BCUT2D eigenvalue weighted by Crippen LogP contribution is 2.31. The zero-order valence-corrected chi connectivity index (χ0v) is 11.0. The smallest absolute Gasteiger partial charge is 0.151 e. The number of aryl methyl sites for hydroxylation is 1. The van der Waals surface area contributed by atoms with Crippen LogP contribution in [0.1, 0.15) is 17.7 Å². The van der Waals surface area contributed by atoms with Crippen LogP contribution in [-0.2, 0) is 9.84 Å². The fourth-order valence-corrected chi connectivity index (χ4v) is 5.30. The molecule has 1 aromatic heterocycles. The maximum atomic E-state index is 11.4. The molecule has 2 rings (SSSR count). The summed E-state index contributed by atoms with van der Waals surface area (Å²) in [6, 6.07) is 5.60. The number of aromatic nitrogens is 1. The van der Waals surface area contributed by atoms with Gasteiger partial charge in [0, 0.05) is 10.9 Å². The Labute approximate surface area is 105 Å². The van der Waals surface area contributed by atoms with Crippen LogP contribution in [0.3, 0.4) is 0 Å². The van der Waals surface area contributed by atoms with E-state index in [1.807, 2.05) is 6.92 Å². The molecule has 90 valence electrons. The summed E-state index contributed by atoms with van der Waals surface area (Å²) >= 11 is 1.41. The van der Waals surface area contributed by atoms with Crippen LogP contribution in [0, 0.1) is 18.3 Å². The van der Waals surface area contributed by atoms with Crippen LogP contribution in [-0.4, -0.2) is 30.2 Å². The first-order chi connectivity index (χ1) is 8.00. The first-order valence-corrected chi connectivity index (χ1v) is 7.95. The third-order valence-corrected chi connectivity index (χ3v) is 5.84. The lowest BCUT2D eigenvalue weighted by atomic mass is 10.3. The molecule has 17 heavy (non-hydrogen) atoms. The molecule has 1 aliphatic heterocycles. The molecule has 1 fully saturated rings. The second-order valence-corrected chi connectivity index (χ2v) is 7.58. The van der Waals surface area contributed by atoms with Gasteiger partial charge >= 0.3 is 0 Å². The van der Waals surface area contributed by atoms with Crippen LogP contribution >= 0.6 is 11.8 Å². The number of thioether (sulfide) groups is 1. The van der Waals surface area contributed by atoms with Gasteiger partial charge in [0.2, 0.25) is 0 Å². The van der Waals surface area contributed by atoms with Crippen molar-refractivity contribution < 1.29 is 8.42 Å². The molecule has 0 bridgehead atoms. The largest absolute Gasteiger partial charge is 0.245 e. The van der Waals surface area contributed by atoms with Gasteiger partial charge in [-0.3, -0.25) is 0 Å². The molecule has 1 atom stereocenters. The van der Waals surface area contributed by atoms with E-state index in [0.717, 1.165) is 5.69 Å². The fourth-order valence-electron chi connectivity index (χ4n) is 1.72. The molecule has 4 nitrogen and oxygen atoms in total. The predicted octanol–water partition coefficient (Wildman–Crippen LogP) is 1.54. The first kappa shape index (κ1) is 12.4. The van der Waals surface area contributed by atoms with Crippen LogP contribution in [0.2, 0.25) is 0 Å². The van der Waals surface area contributed by atoms with E-state index in [0.29, 0.717) is 17.0 Å². The molecule has 1 aromatic rings. The third kappa shape index (κ3) is 2.99. The Morgan fingerprint density at radius 3 is 2.88 bits per heavy atom. The molecule has 1 saturated heterocycles. The number of nitriles is 1. The maximum Gasteiger partial charge on any atom is 0.151 e. The van der Waals surface area contributed by atoms with Gasteiger partial charge in [0.05, 0.1) is 17.1 Å². The predicted molar refractivity (Wildman–Crippen MR) is 66.6 cm³/mol. The van der Waals surface area contributed by atoms with E-state index in [2.05, 4.69) is 11.1 Å². The number of pyridine rings is 1. The molecule has 1 unspecified atom stereocenters. The fraction of sp³-hybridized carbons (Fsp3) is 0.455. The van der Waals surface area contributed by atoms with E-state index in [-0.39, 0.29) is 16.8 Å². The molecule has 0 amide bonds. The number of hydrogen-bond acceptors (Lipinski definition) is 5. The summed E-state index contributed by atoms with van der Waals surface area (Å²) in [7, 11) is -2.88. The zero-order chi connectivity index (χ0) is 12.5. The van der Waals surface area contributed by atoms with Gasteiger partial charge in [-0.2, -0.15) is 5.26 Å². The summed E-state index contributed by atoms with van der Waals surface area (Å²) in [6.45, 7) is 1.86. The summed E-state index contributed by atoms with van der Waals surface area (Å²) < 4.78 is 22.7. The lowest BCUT2D eigenvalue weighted by Crippen LogP contribution is -2.07. The first-order valence-electron chi connectivity index (χ1n) is 5.25. The zero-order valence-electron chi connectivity index (χ0n) is 9.38. The summed E-state index contributed by atoms with van der Waals surface area (Å²) in [5.74, 6) is 0.441. The van der Waals surface area contributed by atoms with Crippen molar-refractivity contribution in [3.8, 4) is 6.07 Å². The van der Waals surface area contributed by atoms with Crippen LogP contribution < -0.4 is 0 Å². The van der Waals surface area contributed by atoms with Gasteiger partial charge < -0.3 is 0 Å². The van der Waals surface area contributed by atoms with Crippen molar-refractivity contribution in [2.75, 3.05) is 11.5 Å². The Morgan fingerprint density at radius 1 is 1.53 bits per heavy atom. The summed E-state index contributed by atoms with van der Waals surface area (Å²) in [4.78, 5) is 4.30. The van der Waals surface area contributed by atoms with Crippen molar-refractivity contribution in [3.05, 3.63) is 23.4 Å². The molecule has 0 spiro atoms. The van der Waals surface area contributed by atoms with Crippen LogP contribution in [0.5, 0.6) is 0 Å². The molecule has 0 saturated carbocycles. The lowest BCUT2D eigenvalue weighted by Gasteiger charge is -2.08. The van der Waals surface area contributed by atoms with Crippen molar-refractivity contribution in [1.29, 1.82) is 5.26 Å². The highest BCUT2D eigenvalue weighted by Gasteiger charge is 2.29. The normalized spacial score (nSPS) is 22.2. The lowest BCUT2D eigenvalue weighted by molar-refractivity contribution is 0.602. The van der Waals surface area contributed by atoms with E-state index in [9.17, 15) is 8.42 Å². The Hall–Kier alpha value is -1.06. The third-order valence-electron chi connectivity index (χ3n) is 2.59. The Balaban J connectivity index is 2.20. The highest BCUT2D eigenvalue weighted by molar-refractivity contribution is 8.01. The number of sulfone groups is 1. The molecule has 6 heteroatoms. The number of hydrogen-bond donors (Lipinski definition) is 0. The second kappa shape index (κ2) is 4.67. The van der Waals surface area contributed by atoms with Crippen molar-refractivity contribution >= 4 is 21.6 Å². The Morgan fingerprint density at radius 2 is 2.29 bits per heavy atom. The van der Waals surface area contributed by atoms with Crippen LogP contribution in [0.25, 0.3) is 0 Å². The van der Waals surface area contributed by atoms with E-state index >= 15 is 0 Å². The summed E-state index contributed by atoms with van der Waals surface area (Å²) in [5, 5.41) is 9.64. The molecular formula is C11H12N2O2S2. The van der Waals surface area contributed by atoms with Gasteiger partial charge in [0.25, 0.3) is 0 Å². The number of nitrogens with zero attached hydrogens (tertiary/aromatic N) is 2. The van der Waals surface area contributed by atoms with Gasteiger partial charge in [-0.15, -0.1) is 11.8 Å². The average molecular weight is 268 g/mol. The van der Waals surface area contributed by atoms with Gasteiger partial charge in [0.1, 0.15) is 11.1 Å². The standard InChI is InChI=1S/C11H12N2O2S2/c1-8-2-3-9(6-12)11(13-8)16-10-4-5-17(14,15)7-10/h2-3,10H,4-5,7H2,1H3. The van der Waals surface area contributed by atoms with E-state index in [4.69, 9.17) is 5.26 Å². The van der Waals surface area contributed by atoms with Gasteiger partial charge in [0.15, 0.2) is 9.84 Å². The minimum Gasteiger partial charge on any atom is -0.245 e. The highest BCUT2D eigenvalue weighted by atomic mass is 32.2. The molecular weight excluding hydrogens is 256 g/mol. The van der Waals surface area contributed by atoms with E-state index < -0.39 is 9.84 Å². The molecule has 1 aliphatic rings. The van der Waals surface area contributed by atoms with Gasteiger partial charge in [-0.25, -0.2) is 13.4 Å². The molecule has 0 aliphatic carbocycles. The van der Waals surface area contributed by atoms with Crippen molar-refractivity contribution in [1.82, 2.24) is 4.98 Å². The van der Waals surface area contributed by atoms with Crippen molar-refractivity contribution in [3.63, 3.8) is 0 Å². The molecule has 0 aromatic carbocycles. The topological polar surface area (TPSA) is 70.8 Å². The summed E-state index contributed by atoms with van der Waals surface area (Å²) in [6.07, 6.45) is 0.646.